The molecule has 18 heavy (non-hydrogen) atoms. The molecule has 0 radical (unpaired) electrons. The zero-order chi connectivity index (χ0) is 12.5. The summed E-state index contributed by atoms with van der Waals surface area (Å²) in [6.07, 6.45) is 5.78. The maximum absolute atomic E-state index is 5.95. The van der Waals surface area contributed by atoms with Crippen molar-refractivity contribution in [1.82, 2.24) is 9.88 Å². The van der Waals surface area contributed by atoms with Gasteiger partial charge in [0.1, 0.15) is 5.82 Å². The Hall–Kier alpha value is -0.320. The average molecular weight is 331 g/mol. The molecule has 98 valence electrons. The summed E-state index contributed by atoms with van der Waals surface area (Å²) in [5, 5.41) is 0.682. The quantitative estimate of drug-likeness (QED) is 0.788. The third kappa shape index (κ3) is 2.51. The Bertz CT molecular complexity index is 440. The van der Waals surface area contributed by atoms with Crippen LogP contribution in [0.1, 0.15) is 19.3 Å². The van der Waals surface area contributed by atoms with Gasteiger partial charge in [-0.1, -0.05) is 18.0 Å². The Balaban J connectivity index is 1.77. The number of nitrogens with zero attached hydrogens (tertiary/aromatic N) is 3. The largest absolute Gasteiger partial charge is 0.353 e. The SMILES string of the molecule is Clc1cnc(N2CCN3CCCCC3C2)c(Br)c1. The van der Waals surface area contributed by atoms with Crippen molar-refractivity contribution in [2.75, 3.05) is 31.1 Å². The fourth-order valence-electron chi connectivity index (χ4n) is 2.99. The maximum Gasteiger partial charge on any atom is 0.143 e. The number of halogens is 2. The summed E-state index contributed by atoms with van der Waals surface area (Å²) in [4.78, 5) is 9.48. The van der Waals surface area contributed by atoms with E-state index in [0.717, 1.165) is 29.9 Å². The molecule has 2 aliphatic rings. The molecule has 1 unspecified atom stereocenters. The predicted molar refractivity (Wildman–Crippen MR) is 78.4 cm³/mol. The number of anilines is 1. The molecule has 3 rings (SSSR count). The molecule has 0 bridgehead atoms. The third-order valence-electron chi connectivity index (χ3n) is 3.93. The van der Waals surface area contributed by atoms with Crippen molar-refractivity contribution in [2.24, 2.45) is 0 Å². The highest BCUT2D eigenvalue weighted by atomic mass is 79.9. The molecule has 0 amide bonds. The lowest BCUT2D eigenvalue weighted by molar-refractivity contribution is 0.133. The summed E-state index contributed by atoms with van der Waals surface area (Å²) in [5.41, 5.74) is 0. The molecule has 0 saturated carbocycles. The Labute approximate surface area is 121 Å². The van der Waals surface area contributed by atoms with Crippen molar-refractivity contribution < 1.29 is 0 Å². The second kappa shape index (κ2) is 5.35. The molecule has 1 atom stereocenters. The van der Waals surface area contributed by atoms with E-state index in [-0.39, 0.29) is 0 Å². The summed E-state index contributed by atoms with van der Waals surface area (Å²) < 4.78 is 0.999. The summed E-state index contributed by atoms with van der Waals surface area (Å²) in [5.74, 6) is 1.03. The van der Waals surface area contributed by atoms with Crippen LogP contribution in [-0.2, 0) is 0 Å². The highest BCUT2D eigenvalue weighted by molar-refractivity contribution is 9.10. The molecule has 3 nitrogen and oxygen atoms in total. The minimum Gasteiger partial charge on any atom is -0.353 e. The van der Waals surface area contributed by atoms with E-state index in [1.165, 1.54) is 25.8 Å². The highest BCUT2D eigenvalue weighted by Gasteiger charge is 2.29. The van der Waals surface area contributed by atoms with Gasteiger partial charge in [-0.3, -0.25) is 4.90 Å². The van der Waals surface area contributed by atoms with Crippen molar-refractivity contribution in [3.05, 3.63) is 21.8 Å². The molecule has 0 N–H and O–H groups in total. The van der Waals surface area contributed by atoms with Crippen LogP contribution >= 0.6 is 27.5 Å². The molecular formula is C13H17BrClN3. The molecular weight excluding hydrogens is 314 g/mol. The lowest BCUT2D eigenvalue weighted by atomic mass is 9.99. The van der Waals surface area contributed by atoms with Crippen molar-refractivity contribution >= 4 is 33.3 Å². The number of hydrogen-bond donors (Lipinski definition) is 0. The molecule has 2 fully saturated rings. The van der Waals surface area contributed by atoms with Gasteiger partial charge in [-0.05, 0) is 41.4 Å². The summed E-state index contributed by atoms with van der Waals surface area (Å²) in [6, 6.07) is 2.63. The zero-order valence-corrected chi connectivity index (χ0v) is 12.6. The Morgan fingerprint density at radius 3 is 3.00 bits per heavy atom. The molecule has 1 aromatic rings. The van der Waals surface area contributed by atoms with E-state index < -0.39 is 0 Å². The maximum atomic E-state index is 5.95. The van der Waals surface area contributed by atoms with Gasteiger partial charge in [0, 0.05) is 31.9 Å². The number of rotatable bonds is 1. The monoisotopic (exact) mass is 329 g/mol. The van der Waals surface area contributed by atoms with Crippen molar-refractivity contribution in [3.63, 3.8) is 0 Å². The van der Waals surface area contributed by atoms with Crippen molar-refractivity contribution in [1.29, 1.82) is 0 Å². The first kappa shape index (κ1) is 12.7. The van der Waals surface area contributed by atoms with Gasteiger partial charge in [-0.25, -0.2) is 4.98 Å². The second-order valence-corrected chi connectivity index (χ2v) is 6.38. The molecule has 1 aromatic heterocycles. The van der Waals surface area contributed by atoms with Gasteiger partial charge in [0.2, 0.25) is 0 Å². The zero-order valence-electron chi connectivity index (χ0n) is 10.3. The smallest absolute Gasteiger partial charge is 0.143 e. The Morgan fingerprint density at radius 2 is 2.17 bits per heavy atom. The fraction of sp³-hybridized carbons (Fsp3) is 0.615. The van der Waals surface area contributed by atoms with Crippen molar-refractivity contribution in [2.45, 2.75) is 25.3 Å². The molecule has 3 heterocycles. The molecule has 2 saturated heterocycles. The Morgan fingerprint density at radius 1 is 1.28 bits per heavy atom. The van der Waals surface area contributed by atoms with Gasteiger partial charge in [0.05, 0.1) is 9.50 Å². The van der Waals surface area contributed by atoms with Crippen LogP contribution in [-0.4, -0.2) is 42.1 Å². The molecule has 0 aliphatic carbocycles. The standard InChI is InChI=1S/C13H17BrClN3/c14-12-7-10(15)8-16-13(12)18-6-5-17-4-2-1-3-11(17)9-18/h7-8,11H,1-6,9H2. The van der Waals surface area contributed by atoms with Gasteiger partial charge in [0.25, 0.3) is 0 Å². The second-order valence-electron chi connectivity index (χ2n) is 5.09. The summed E-state index contributed by atoms with van der Waals surface area (Å²) in [6.45, 7) is 4.58. The number of hydrogen-bond acceptors (Lipinski definition) is 3. The predicted octanol–water partition coefficient (Wildman–Crippen LogP) is 3.17. The van der Waals surface area contributed by atoms with Gasteiger partial charge in [0.15, 0.2) is 0 Å². The van der Waals surface area contributed by atoms with Gasteiger partial charge in [-0.15, -0.1) is 0 Å². The van der Waals surface area contributed by atoms with Crippen LogP contribution in [0.4, 0.5) is 5.82 Å². The first-order valence-electron chi connectivity index (χ1n) is 6.54. The average Bonchev–Trinajstić information content (AvgIpc) is 2.38. The van der Waals surface area contributed by atoms with Crippen LogP contribution in [0.5, 0.6) is 0 Å². The first-order valence-corrected chi connectivity index (χ1v) is 7.71. The van der Waals surface area contributed by atoms with Crippen LogP contribution in [0.15, 0.2) is 16.7 Å². The minimum absolute atomic E-state index is 0.682. The van der Waals surface area contributed by atoms with E-state index >= 15 is 0 Å². The molecule has 0 aromatic carbocycles. The van der Waals surface area contributed by atoms with Crippen molar-refractivity contribution in [3.8, 4) is 0 Å². The lowest BCUT2D eigenvalue weighted by Gasteiger charge is -2.44. The Kier molecular flexibility index (Phi) is 3.78. The van der Waals surface area contributed by atoms with E-state index in [1.54, 1.807) is 6.20 Å². The van der Waals surface area contributed by atoms with E-state index in [1.807, 2.05) is 6.07 Å². The number of piperazine rings is 1. The van der Waals surface area contributed by atoms with Crippen LogP contribution in [0.2, 0.25) is 5.02 Å². The normalized spacial score (nSPS) is 25.0. The van der Waals surface area contributed by atoms with E-state index in [4.69, 9.17) is 11.6 Å². The van der Waals surface area contributed by atoms with Crippen LogP contribution in [0.25, 0.3) is 0 Å². The first-order chi connectivity index (χ1) is 8.74. The third-order valence-corrected chi connectivity index (χ3v) is 4.72. The van der Waals surface area contributed by atoms with Gasteiger partial charge in [-0.2, -0.15) is 0 Å². The summed E-state index contributed by atoms with van der Waals surface area (Å²) in [7, 11) is 0. The van der Waals surface area contributed by atoms with Gasteiger partial charge >= 0.3 is 0 Å². The van der Waals surface area contributed by atoms with E-state index in [2.05, 4.69) is 30.7 Å². The number of fused-ring (bicyclic) bond motifs is 1. The number of piperidine rings is 1. The highest BCUT2D eigenvalue weighted by Crippen LogP contribution is 2.30. The van der Waals surface area contributed by atoms with E-state index in [0.29, 0.717) is 11.1 Å². The molecule has 0 spiro atoms. The lowest BCUT2D eigenvalue weighted by Crippen LogP contribution is -2.55. The van der Waals surface area contributed by atoms with Gasteiger partial charge < -0.3 is 4.90 Å². The molecule has 5 heteroatoms. The van der Waals surface area contributed by atoms with Crippen LogP contribution in [0, 0.1) is 0 Å². The molecule has 2 aliphatic heterocycles. The summed E-state index contributed by atoms with van der Waals surface area (Å²) >= 11 is 9.52. The minimum atomic E-state index is 0.682. The fourth-order valence-corrected chi connectivity index (χ4v) is 3.88. The number of pyridine rings is 1. The van der Waals surface area contributed by atoms with E-state index in [9.17, 15) is 0 Å². The number of aromatic nitrogens is 1. The topological polar surface area (TPSA) is 19.4 Å². The van der Waals surface area contributed by atoms with Crippen LogP contribution < -0.4 is 4.90 Å². The van der Waals surface area contributed by atoms with Crippen LogP contribution in [0.3, 0.4) is 0 Å².